The fraction of sp³-hybridized carbons (Fsp3) is 0.143. The Morgan fingerprint density at radius 1 is 1.06 bits per heavy atom. The second kappa shape index (κ2) is 9.46. The van der Waals surface area contributed by atoms with Crippen molar-refractivity contribution in [2.75, 3.05) is 0 Å². The molecule has 0 fully saturated rings. The molecule has 2 aromatic heterocycles. The number of hydrogen-bond donors (Lipinski definition) is 1. The first-order valence-electron chi connectivity index (χ1n) is 11.4. The number of carbonyl (C=O) groups excluding carboxylic acids is 1. The monoisotopic (exact) mass is 465 g/mol. The SMILES string of the molecule is Cc1cc(C(C)NC(=O)c2ccccc2Cn2cc(-c3ccc4cnccc4c3)nn2)ccc1F. The third kappa shape index (κ3) is 4.80. The number of aryl methyl sites for hydroxylation is 1. The smallest absolute Gasteiger partial charge is 0.252 e. The molecule has 0 radical (unpaired) electrons. The van der Waals surface area contributed by atoms with Crippen LogP contribution in [0.1, 0.15) is 40.0 Å². The quantitative estimate of drug-likeness (QED) is 0.360. The highest BCUT2D eigenvalue weighted by atomic mass is 19.1. The number of nitrogens with zero attached hydrogens (tertiary/aromatic N) is 4. The lowest BCUT2D eigenvalue weighted by Gasteiger charge is -2.17. The van der Waals surface area contributed by atoms with Crippen molar-refractivity contribution in [1.29, 1.82) is 0 Å². The first-order valence-corrected chi connectivity index (χ1v) is 11.4. The maximum absolute atomic E-state index is 13.6. The Labute approximate surface area is 202 Å². The number of pyridine rings is 1. The minimum atomic E-state index is -0.268. The first kappa shape index (κ1) is 22.4. The van der Waals surface area contributed by atoms with Gasteiger partial charge in [-0.3, -0.25) is 9.78 Å². The summed E-state index contributed by atoms with van der Waals surface area (Å²) in [7, 11) is 0. The van der Waals surface area contributed by atoms with Crippen LogP contribution in [0.2, 0.25) is 0 Å². The standard InChI is InChI=1S/C28H24FN5O/c1-18-13-20(9-10-26(18)29)19(2)31-28(35)25-6-4-3-5-24(25)16-34-17-27(32-33-34)22-7-8-23-15-30-12-11-21(23)14-22/h3-15,17,19H,16H2,1-2H3,(H,31,35). The average Bonchev–Trinajstić information content (AvgIpc) is 3.34. The van der Waals surface area contributed by atoms with Crippen LogP contribution in [0.15, 0.2) is 85.3 Å². The number of fused-ring (bicyclic) bond motifs is 1. The molecule has 0 spiro atoms. The highest BCUT2D eigenvalue weighted by Crippen LogP contribution is 2.23. The second-order valence-corrected chi connectivity index (χ2v) is 8.60. The largest absolute Gasteiger partial charge is 0.346 e. The number of aromatic nitrogens is 4. The van der Waals surface area contributed by atoms with Crippen LogP contribution in [0.25, 0.3) is 22.0 Å². The van der Waals surface area contributed by atoms with E-state index in [9.17, 15) is 9.18 Å². The van der Waals surface area contributed by atoms with Crippen molar-refractivity contribution in [2.24, 2.45) is 0 Å². The second-order valence-electron chi connectivity index (χ2n) is 8.60. The molecule has 5 aromatic rings. The summed E-state index contributed by atoms with van der Waals surface area (Å²) >= 11 is 0. The van der Waals surface area contributed by atoms with Crippen LogP contribution in [-0.2, 0) is 6.54 Å². The Bertz CT molecular complexity index is 1530. The van der Waals surface area contributed by atoms with Gasteiger partial charge in [0.1, 0.15) is 11.5 Å². The molecule has 0 bridgehead atoms. The van der Waals surface area contributed by atoms with E-state index in [1.165, 1.54) is 6.07 Å². The predicted octanol–water partition coefficient (Wildman–Crippen LogP) is 5.48. The van der Waals surface area contributed by atoms with Crippen molar-refractivity contribution >= 4 is 16.7 Å². The number of nitrogens with one attached hydrogen (secondary N) is 1. The molecule has 0 saturated heterocycles. The van der Waals surface area contributed by atoms with Gasteiger partial charge in [-0.1, -0.05) is 47.7 Å². The van der Waals surface area contributed by atoms with Gasteiger partial charge in [0.2, 0.25) is 0 Å². The van der Waals surface area contributed by atoms with E-state index in [2.05, 4.69) is 26.7 Å². The zero-order valence-electron chi connectivity index (χ0n) is 19.4. The van der Waals surface area contributed by atoms with Gasteiger partial charge in [0.25, 0.3) is 5.91 Å². The fourth-order valence-corrected chi connectivity index (χ4v) is 4.10. The van der Waals surface area contributed by atoms with E-state index in [1.54, 1.807) is 36.0 Å². The number of benzene rings is 3. The number of amides is 1. The van der Waals surface area contributed by atoms with Crippen molar-refractivity contribution in [1.82, 2.24) is 25.3 Å². The fourth-order valence-electron chi connectivity index (χ4n) is 4.10. The Morgan fingerprint density at radius 3 is 2.77 bits per heavy atom. The molecule has 6 nitrogen and oxygen atoms in total. The zero-order valence-corrected chi connectivity index (χ0v) is 19.4. The molecule has 7 heteroatoms. The summed E-state index contributed by atoms with van der Waals surface area (Å²) in [5.41, 5.74) is 4.51. The molecular formula is C28H24FN5O. The maximum atomic E-state index is 13.6. The highest BCUT2D eigenvalue weighted by molar-refractivity contribution is 5.96. The predicted molar refractivity (Wildman–Crippen MR) is 133 cm³/mol. The van der Waals surface area contributed by atoms with Gasteiger partial charge in [-0.15, -0.1) is 5.10 Å². The molecule has 1 unspecified atom stereocenters. The van der Waals surface area contributed by atoms with Crippen molar-refractivity contribution in [3.05, 3.63) is 113 Å². The lowest BCUT2D eigenvalue weighted by atomic mass is 10.0. The molecule has 2 heterocycles. The third-order valence-corrected chi connectivity index (χ3v) is 6.10. The molecule has 174 valence electrons. The van der Waals surface area contributed by atoms with Crippen molar-refractivity contribution in [3.63, 3.8) is 0 Å². The number of hydrogen-bond acceptors (Lipinski definition) is 4. The molecule has 1 atom stereocenters. The molecule has 3 aromatic carbocycles. The van der Waals surface area contributed by atoms with E-state index < -0.39 is 0 Å². The molecular weight excluding hydrogens is 441 g/mol. The van der Waals surface area contributed by atoms with E-state index in [0.29, 0.717) is 17.7 Å². The third-order valence-electron chi connectivity index (χ3n) is 6.10. The van der Waals surface area contributed by atoms with Crippen molar-refractivity contribution in [2.45, 2.75) is 26.4 Å². The van der Waals surface area contributed by atoms with E-state index in [1.807, 2.05) is 55.7 Å². The minimum absolute atomic E-state index is 0.196. The van der Waals surface area contributed by atoms with Crippen molar-refractivity contribution < 1.29 is 9.18 Å². The van der Waals surface area contributed by atoms with Gasteiger partial charge in [-0.05, 0) is 60.2 Å². The Hall–Kier alpha value is -4.39. The van der Waals surface area contributed by atoms with Gasteiger partial charge in [0, 0.05) is 28.9 Å². The van der Waals surface area contributed by atoms with Crippen LogP contribution < -0.4 is 5.32 Å². The Morgan fingerprint density at radius 2 is 1.91 bits per heavy atom. The van der Waals surface area contributed by atoms with Gasteiger partial charge < -0.3 is 5.32 Å². The lowest BCUT2D eigenvalue weighted by Crippen LogP contribution is -2.28. The van der Waals surface area contributed by atoms with E-state index in [0.717, 1.165) is 33.2 Å². The molecule has 35 heavy (non-hydrogen) atoms. The summed E-state index contributed by atoms with van der Waals surface area (Å²) in [5.74, 6) is -0.455. The van der Waals surface area contributed by atoms with Crippen LogP contribution in [0, 0.1) is 12.7 Å². The number of carbonyl (C=O) groups is 1. The summed E-state index contributed by atoms with van der Waals surface area (Å²) in [4.78, 5) is 17.3. The van der Waals surface area contributed by atoms with E-state index in [4.69, 9.17) is 0 Å². The van der Waals surface area contributed by atoms with Crippen LogP contribution in [0.3, 0.4) is 0 Å². The Balaban J connectivity index is 1.34. The van der Waals surface area contributed by atoms with Crippen LogP contribution in [0.4, 0.5) is 4.39 Å². The summed E-state index contributed by atoms with van der Waals surface area (Å²) in [5, 5.41) is 13.8. The molecule has 0 saturated carbocycles. The van der Waals surface area contributed by atoms with Gasteiger partial charge in [0.15, 0.2) is 0 Å². The average molecular weight is 466 g/mol. The summed E-state index contributed by atoms with van der Waals surface area (Å²) < 4.78 is 15.4. The van der Waals surface area contributed by atoms with Crippen LogP contribution >= 0.6 is 0 Å². The normalized spacial score (nSPS) is 12.0. The van der Waals surface area contributed by atoms with Crippen molar-refractivity contribution in [3.8, 4) is 11.3 Å². The van der Waals surface area contributed by atoms with Gasteiger partial charge in [-0.2, -0.15) is 0 Å². The van der Waals surface area contributed by atoms with Crippen LogP contribution in [-0.4, -0.2) is 25.9 Å². The Kier molecular flexibility index (Phi) is 6.06. The summed E-state index contributed by atoms with van der Waals surface area (Å²) in [6.45, 7) is 4.00. The molecule has 0 aliphatic heterocycles. The van der Waals surface area contributed by atoms with Gasteiger partial charge >= 0.3 is 0 Å². The zero-order chi connectivity index (χ0) is 24.4. The number of rotatable bonds is 6. The lowest BCUT2D eigenvalue weighted by molar-refractivity contribution is 0.0938. The van der Waals surface area contributed by atoms with E-state index in [-0.39, 0.29) is 17.8 Å². The van der Waals surface area contributed by atoms with Crippen LogP contribution in [0.5, 0.6) is 0 Å². The maximum Gasteiger partial charge on any atom is 0.252 e. The molecule has 1 N–H and O–H groups in total. The highest BCUT2D eigenvalue weighted by Gasteiger charge is 2.16. The molecule has 0 aliphatic rings. The van der Waals surface area contributed by atoms with Gasteiger partial charge in [-0.25, -0.2) is 9.07 Å². The summed E-state index contributed by atoms with van der Waals surface area (Å²) in [6.07, 6.45) is 5.47. The molecule has 5 rings (SSSR count). The molecule has 1 amide bonds. The minimum Gasteiger partial charge on any atom is -0.346 e. The number of halogens is 1. The topological polar surface area (TPSA) is 72.7 Å². The first-order chi connectivity index (χ1) is 17.0. The molecule has 0 aliphatic carbocycles. The summed E-state index contributed by atoms with van der Waals surface area (Å²) in [6, 6.07) is 20.1. The van der Waals surface area contributed by atoms with E-state index >= 15 is 0 Å². The van der Waals surface area contributed by atoms with Gasteiger partial charge in [0.05, 0.1) is 18.8 Å².